The molecule has 1 aromatic carbocycles. The lowest BCUT2D eigenvalue weighted by Gasteiger charge is -2.16. The van der Waals surface area contributed by atoms with Gasteiger partial charge < -0.3 is 9.67 Å². The second kappa shape index (κ2) is 4.86. The summed E-state index contributed by atoms with van der Waals surface area (Å²) in [7, 11) is 0. The third-order valence-corrected chi connectivity index (χ3v) is 4.27. The molecule has 19 heavy (non-hydrogen) atoms. The van der Waals surface area contributed by atoms with Crippen LogP contribution in [0.5, 0.6) is 0 Å². The van der Waals surface area contributed by atoms with Gasteiger partial charge in [-0.25, -0.2) is 0 Å². The predicted molar refractivity (Wildman–Crippen MR) is 77.3 cm³/mol. The number of hydrogen-bond acceptors (Lipinski definition) is 1. The standard InChI is InChI=1S/C17H21NO/c1-12-5-3-6-13(2)15(12)10-18-9-14-7-4-8-17(19)16(14)11-18/h3,5-6,9,11,17,19H,4,7-8,10H2,1-2H3. The Hall–Kier alpha value is -1.54. The Kier molecular flexibility index (Phi) is 3.19. The van der Waals surface area contributed by atoms with E-state index in [0.717, 1.165) is 31.4 Å². The van der Waals surface area contributed by atoms with Gasteiger partial charge in [0.25, 0.3) is 0 Å². The van der Waals surface area contributed by atoms with Crippen LogP contribution in [0.1, 0.15) is 46.8 Å². The lowest BCUT2D eigenvalue weighted by molar-refractivity contribution is 0.157. The Morgan fingerprint density at radius 3 is 2.63 bits per heavy atom. The summed E-state index contributed by atoms with van der Waals surface area (Å²) in [4.78, 5) is 0. The minimum atomic E-state index is -0.261. The summed E-state index contributed by atoms with van der Waals surface area (Å²) in [5, 5.41) is 10.0. The van der Waals surface area contributed by atoms with Gasteiger partial charge in [0.05, 0.1) is 6.10 Å². The van der Waals surface area contributed by atoms with E-state index in [1.54, 1.807) is 0 Å². The fourth-order valence-corrected chi connectivity index (χ4v) is 3.10. The average Bonchev–Trinajstić information content (AvgIpc) is 2.78. The summed E-state index contributed by atoms with van der Waals surface area (Å²) in [6, 6.07) is 6.44. The Bertz CT molecular complexity index is 577. The van der Waals surface area contributed by atoms with Gasteiger partial charge in [0.15, 0.2) is 0 Å². The van der Waals surface area contributed by atoms with Crippen LogP contribution in [0.3, 0.4) is 0 Å². The number of aryl methyl sites for hydroxylation is 3. The minimum absolute atomic E-state index is 0.261. The van der Waals surface area contributed by atoms with Crippen LogP contribution < -0.4 is 0 Å². The third kappa shape index (κ3) is 2.33. The highest BCUT2D eigenvalue weighted by atomic mass is 16.3. The molecule has 0 saturated carbocycles. The van der Waals surface area contributed by atoms with Crippen molar-refractivity contribution < 1.29 is 5.11 Å². The molecule has 0 bridgehead atoms. The molecular formula is C17H21NO. The molecular weight excluding hydrogens is 234 g/mol. The molecule has 0 saturated heterocycles. The van der Waals surface area contributed by atoms with Crippen LogP contribution in [0.2, 0.25) is 0 Å². The smallest absolute Gasteiger partial charge is 0.0807 e. The van der Waals surface area contributed by atoms with Gasteiger partial charge in [-0.2, -0.15) is 0 Å². The van der Waals surface area contributed by atoms with Crippen LogP contribution in [0.15, 0.2) is 30.6 Å². The highest BCUT2D eigenvalue weighted by Crippen LogP contribution is 2.30. The number of aliphatic hydroxyl groups excluding tert-OH is 1. The van der Waals surface area contributed by atoms with Gasteiger partial charge in [-0.1, -0.05) is 18.2 Å². The van der Waals surface area contributed by atoms with Crippen molar-refractivity contribution in [3.8, 4) is 0 Å². The van der Waals surface area contributed by atoms with E-state index in [2.05, 4.69) is 49.0 Å². The van der Waals surface area contributed by atoms with Crippen molar-refractivity contribution in [2.75, 3.05) is 0 Å². The van der Waals surface area contributed by atoms with Gasteiger partial charge in [-0.15, -0.1) is 0 Å². The second-order valence-electron chi connectivity index (χ2n) is 5.69. The maximum atomic E-state index is 10.0. The van der Waals surface area contributed by atoms with Gasteiger partial charge in [0.1, 0.15) is 0 Å². The number of rotatable bonds is 2. The molecule has 1 N–H and O–H groups in total. The van der Waals surface area contributed by atoms with E-state index in [9.17, 15) is 5.11 Å². The molecule has 2 heteroatoms. The Morgan fingerprint density at radius 2 is 1.95 bits per heavy atom. The normalized spacial score (nSPS) is 18.4. The number of aromatic nitrogens is 1. The quantitative estimate of drug-likeness (QED) is 0.872. The molecule has 1 heterocycles. The first kappa shape index (κ1) is 12.5. The fourth-order valence-electron chi connectivity index (χ4n) is 3.10. The molecule has 1 aliphatic rings. The summed E-state index contributed by atoms with van der Waals surface area (Å²) >= 11 is 0. The molecule has 1 aliphatic carbocycles. The Morgan fingerprint density at radius 1 is 1.21 bits per heavy atom. The van der Waals surface area contributed by atoms with Crippen molar-refractivity contribution in [2.24, 2.45) is 0 Å². The Balaban J connectivity index is 1.92. The second-order valence-corrected chi connectivity index (χ2v) is 5.69. The van der Waals surface area contributed by atoms with E-state index in [1.165, 1.54) is 22.3 Å². The molecule has 2 nitrogen and oxygen atoms in total. The van der Waals surface area contributed by atoms with Crippen LogP contribution in [0.4, 0.5) is 0 Å². The van der Waals surface area contributed by atoms with Crippen LogP contribution in [-0.4, -0.2) is 9.67 Å². The maximum absolute atomic E-state index is 10.0. The number of fused-ring (bicyclic) bond motifs is 1. The first-order valence-electron chi connectivity index (χ1n) is 7.07. The highest BCUT2D eigenvalue weighted by Gasteiger charge is 2.20. The SMILES string of the molecule is Cc1cccc(C)c1Cn1cc2c(c1)C(O)CCC2. The van der Waals surface area contributed by atoms with Crippen LogP contribution >= 0.6 is 0 Å². The zero-order chi connectivity index (χ0) is 13.4. The van der Waals surface area contributed by atoms with E-state index in [4.69, 9.17) is 0 Å². The van der Waals surface area contributed by atoms with Crippen LogP contribution in [0.25, 0.3) is 0 Å². The lowest BCUT2D eigenvalue weighted by Crippen LogP contribution is -2.05. The van der Waals surface area contributed by atoms with Gasteiger partial charge >= 0.3 is 0 Å². The number of aliphatic hydroxyl groups is 1. The molecule has 1 atom stereocenters. The summed E-state index contributed by atoms with van der Waals surface area (Å²) in [5.41, 5.74) is 6.53. The minimum Gasteiger partial charge on any atom is -0.388 e. The van der Waals surface area contributed by atoms with Crippen LogP contribution in [-0.2, 0) is 13.0 Å². The summed E-state index contributed by atoms with van der Waals surface area (Å²) in [6.07, 6.45) is 7.19. The molecule has 0 amide bonds. The zero-order valence-corrected chi connectivity index (χ0v) is 11.7. The first-order chi connectivity index (χ1) is 9.15. The average molecular weight is 255 g/mol. The zero-order valence-electron chi connectivity index (χ0n) is 11.7. The lowest BCUT2D eigenvalue weighted by atomic mass is 9.93. The van der Waals surface area contributed by atoms with E-state index in [-0.39, 0.29) is 6.10 Å². The summed E-state index contributed by atoms with van der Waals surface area (Å²) in [5.74, 6) is 0. The molecule has 0 aliphatic heterocycles. The number of hydrogen-bond donors (Lipinski definition) is 1. The topological polar surface area (TPSA) is 25.2 Å². The van der Waals surface area contributed by atoms with Gasteiger partial charge in [-0.05, 0) is 55.4 Å². The van der Waals surface area contributed by atoms with Gasteiger partial charge in [0, 0.05) is 24.5 Å². The molecule has 1 unspecified atom stereocenters. The van der Waals surface area contributed by atoms with Crippen molar-refractivity contribution in [1.82, 2.24) is 4.57 Å². The largest absolute Gasteiger partial charge is 0.388 e. The van der Waals surface area contributed by atoms with Crippen molar-refractivity contribution in [2.45, 2.75) is 45.8 Å². The molecule has 100 valence electrons. The van der Waals surface area contributed by atoms with Crippen molar-refractivity contribution in [3.05, 3.63) is 58.4 Å². The molecule has 0 radical (unpaired) electrons. The van der Waals surface area contributed by atoms with Crippen molar-refractivity contribution in [3.63, 3.8) is 0 Å². The van der Waals surface area contributed by atoms with E-state index >= 15 is 0 Å². The fraction of sp³-hybridized carbons (Fsp3) is 0.412. The van der Waals surface area contributed by atoms with Crippen LogP contribution in [0, 0.1) is 13.8 Å². The van der Waals surface area contributed by atoms with E-state index in [0.29, 0.717) is 0 Å². The van der Waals surface area contributed by atoms with Gasteiger partial charge in [0.2, 0.25) is 0 Å². The molecule has 0 spiro atoms. The third-order valence-electron chi connectivity index (χ3n) is 4.27. The maximum Gasteiger partial charge on any atom is 0.0807 e. The summed E-state index contributed by atoms with van der Waals surface area (Å²) < 4.78 is 2.23. The molecule has 3 rings (SSSR count). The number of benzene rings is 1. The van der Waals surface area contributed by atoms with Gasteiger partial charge in [-0.3, -0.25) is 0 Å². The highest BCUT2D eigenvalue weighted by molar-refractivity contribution is 5.35. The first-order valence-corrected chi connectivity index (χ1v) is 7.07. The van der Waals surface area contributed by atoms with E-state index in [1.807, 2.05) is 0 Å². The summed E-state index contributed by atoms with van der Waals surface area (Å²) in [6.45, 7) is 5.24. The molecule has 0 fully saturated rings. The molecule has 2 aromatic rings. The monoisotopic (exact) mass is 255 g/mol. The predicted octanol–water partition coefficient (Wildman–Crippen LogP) is 3.52. The van der Waals surface area contributed by atoms with Crippen molar-refractivity contribution in [1.29, 1.82) is 0 Å². The Labute approximate surface area is 114 Å². The number of nitrogens with zero attached hydrogens (tertiary/aromatic N) is 1. The van der Waals surface area contributed by atoms with Crippen molar-refractivity contribution >= 4 is 0 Å². The molecule has 1 aromatic heterocycles. The van der Waals surface area contributed by atoms with E-state index < -0.39 is 0 Å².